The van der Waals surface area contributed by atoms with E-state index < -0.39 is 22.6 Å². The van der Waals surface area contributed by atoms with Crippen LogP contribution in [0.15, 0.2) is 46.2 Å². The molecule has 2 aromatic rings. The van der Waals surface area contributed by atoms with Crippen molar-refractivity contribution in [2.75, 3.05) is 38.9 Å². The van der Waals surface area contributed by atoms with Crippen molar-refractivity contribution in [3.63, 3.8) is 0 Å². The standard InChI is InChI=1S/C10H16F2N4OS.C7H7FS/c1-16(2)4-3-14-15-10-8(11)5-7(18(13)17)6-9(10)12;1-9-7-4-2-6(8)3-5-7/h5-6,14-15H,3-4,13H2,1-2H3;2-5H,1H3. The molecule has 0 aliphatic rings. The summed E-state index contributed by atoms with van der Waals surface area (Å²) >= 11 is 1.61. The van der Waals surface area contributed by atoms with Crippen molar-refractivity contribution >= 4 is 28.4 Å². The van der Waals surface area contributed by atoms with Crippen molar-refractivity contribution in [1.82, 2.24) is 10.3 Å². The Labute approximate surface area is 164 Å². The fourth-order valence-electron chi connectivity index (χ4n) is 1.79. The highest BCUT2D eigenvalue weighted by Crippen LogP contribution is 2.21. The van der Waals surface area contributed by atoms with Crippen LogP contribution in [0.25, 0.3) is 0 Å². The summed E-state index contributed by atoms with van der Waals surface area (Å²) in [5.41, 5.74) is 4.80. The number of nitrogens with two attached hydrogens (primary N) is 1. The molecule has 0 aromatic heterocycles. The highest BCUT2D eigenvalue weighted by Gasteiger charge is 2.12. The third-order valence-corrected chi connectivity index (χ3v) is 4.64. The first-order valence-electron chi connectivity index (χ1n) is 7.83. The molecule has 0 fully saturated rings. The van der Waals surface area contributed by atoms with Gasteiger partial charge in [-0.15, -0.1) is 11.8 Å². The lowest BCUT2D eigenvalue weighted by Gasteiger charge is -2.13. The van der Waals surface area contributed by atoms with Crippen LogP contribution in [0.3, 0.4) is 0 Å². The van der Waals surface area contributed by atoms with Crippen molar-refractivity contribution in [2.45, 2.75) is 9.79 Å². The number of benzene rings is 2. The topological polar surface area (TPSA) is 70.4 Å². The Morgan fingerprint density at radius 3 is 2.11 bits per heavy atom. The number of thioether (sulfide) groups is 1. The summed E-state index contributed by atoms with van der Waals surface area (Å²) in [5, 5.41) is 5.05. The SMILES string of the molecule is CN(C)CCNNc1c(F)cc(S(N)=O)cc1F.CSc1ccc(F)cc1. The average molecular weight is 421 g/mol. The van der Waals surface area contributed by atoms with Gasteiger partial charge in [-0.2, -0.15) is 0 Å². The van der Waals surface area contributed by atoms with Crippen LogP contribution in [0.2, 0.25) is 0 Å². The van der Waals surface area contributed by atoms with Crippen LogP contribution in [0.1, 0.15) is 0 Å². The molecule has 2 rings (SSSR count). The molecule has 0 aliphatic heterocycles. The molecule has 1 atom stereocenters. The van der Waals surface area contributed by atoms with Crippen molar-refractivity contribution < 1.29 is 17.4 Å². The van der Waals surface area contributed by atoms with Gasteiger partial charge < -0.3 is 10.3 Å². The predicted molar refractivity (Wildman–Crippen MR) is 105 cm³/mol. The van der Waals surface area contributed by atoms with Crippen LogP contribution < -0.4 is 16.0 Å². The van der Waals surface area contributed by atoms with E-state index in [0.717, 1.165) is 17.0 Å². The zero-order valence-electron chi connectivity index (χ0n) is 15.3. The molecule has 0 bridgehead atoms. The number of hydrogen-bond donors (Lipinski definition) is 3. The van der Waals surface area contributed by atoms with Crippen molar-refractivity contribution in [3.8, 4) is 0 Å². The number of anilines is 1. The molecule has 0 aliphatic carbocycles. The van der Waals surface area contributed by atoms with Crippen molar-refractivity contribution in [2.24, 2.45) is 5.14 Å². The lowest BCUT2D eigenvalue weighted by atomic mass is 10.3. The number of nitrogens with zero attached hydrogens (tertiary/aromatic N) is 1. The van der Waals surface area contributed by atoms with Gasteiger partial charge in [-0.25, -0.2) is 27.9 Å². The number of rotatable bonds is 7. The molecule has 150 valence electrons. The van der Waals surface area contributed by atoms with Gasteiger partial charge in [0.15, 0.2) is 11.6 Å². The van der Waals surface area contributed by atoms with E-state index >= 15 is 0 Å². The molecule has 0 spiro atoms. The van der Waals surface area contributed by atoms with E-state index in [4.69, 9.17) is 5.14 Å². The van der Waals surface area contributed by atoms with Gasteiger partial charge in [0.2, 0.25) is 0 Å². The molecule has 2 aromatic carbocycles. The Morgan fingerprint density at radius 1 is 1.11 bits per heavy atom. The van der Waals surface area contributed by atoms with E-state index in [1.54, 1.807) is 23.9 Å². The van der Waals surface area contributed by atoms with Crippen LogP contribution in [0.5, 0.6) is 0 Å². The van der Waals surface area contributed by atoms with Gasteiger partial charge in [0.25, 0.3) is 0 Å². The molecule has 27 heavy (non-hydrogen) atoms. The molecule has 0 amide bonds. The molecule has 1 unspecified atom stereocenters. The summed E-state index contributed by atoms with van der Waals surface area (Å²) in [6.45, 7) is 1.22. The minimum Gasteiger partial charge on any atom is -0.316 e. The van der Waals surface area contributed by atoms with Crippen LogP contribution in [-0.2, 0) is 11.0 Å². The number of hydrazine groups is 1. The van der Waals surface area contributed by atoms with E-state index in [2.05, 4.69) is 10.9 Å². The fraction of sp³-hybridized carbons (Fsp3) is 0.294. The average Bonchev–Trinajstić information content (AvgIpc) is 2.61. The Bertz CT molecular complexity index is 722. The smallest absolute Gasteiger partial charge is 0.151 e. The first-order chi connectivity index (χ1) is 12.7. The summed E-state index contributed by atoms with van der Waals surface area (Å²) in [5.74, 6) is -1.87. The third-order valence-electron chi connectivity index (χ3n) is 3.19. The van der Waals surface area contributed by atoms with Crippen LogP contribution in [-0.4, -0.2) is 42.5 Å². The second-order valence-electron chi connectivity index (χ2n) is 5.57. The quantitative estimate of drug-likeness (QED) is 0.365. The van der Waals surface area contributed by atoms with Gasteiger partial charge >= 0.3 is 0 Å². The predicted octanol–water partition coefficient (Wildman–Crippen LogP) is 2.97. The molecule has 4 N–H and O–H groups in total. The highest BCUT2D eigenvalue weighted by atomic mass is 32.2. The van der Waals surface area contributed by atoms with Crippen molar-refractivity contribution in [1.29, 1.82) is 0 Å². The zero-order chi connectivity index (χ0) is 20.4. The first-order valence-corrected chi connectivity index (χ1v) is 10.3. The van der Waals surface area contributed by atoms with E-state index in [9.17, 15) is 17.4 Å². The van der Waals surface area contributed by atoms with Gasteiger partial charge in [-0.1, -0.05) is 0 Å². The first kappa shape index (κ1) is 23.4. The Hall–Kier alpha value is -1.59. The second-order valence-corrected chi connectivity index (χ2v) is 7.52. The number of hydrogen-bond acceptors (Lipinski definition) is 5. The summed E-state index contributed by atoms with van der Waals surface area (Å²) in [4.78, 5) is 2.92. The fourth-order valence-corrected chi connectivity index (χ4v) is 2.63. The minimum absolute atomic E-state index is 0.0937. The van der Waals surface area contributed by atoms with Gasteiger partial charge in [0.05, 0.1) is 4.90 Å². The Balaban J connectivity index is 0.000000337. The van der Waals surface area contributed by atoms with Crippen LogP contribution in [0, 0.1) is 17.5 Å². The molecule has 0 saturated heterocycles. The minimum atomic E-state index is -1.91. The molecule has 10 heteroatoms. The van der Waals surface area contributed by atoms with Crippen LogP contribution in [0.4, 0.5) is 18.9 Å². The largest absolute Gasteiger partial charge is 0.316 e. The molecular formula is C17H23F3N4OS2. The Kier molecular flexibility index (Phi) is 10.4. The van der Waals surface area contributed by atoms with E-state index in [1.807, 2.05) is 25.3 Å². The summed E-state index contributed by atoms with van der Waals surface area (Å²) in [6.07, 6.45) is 1.97. The third kappa shape index (κ3) is 8.76. The summed E-state index contributed by atoms with van der Waals surface area (Å²) in [6, 6.07) is 8.34. The molecule has 0 radical (unpaired) electrons. The lowest BCUT2D eigenvalue weighted by molar-refractivity contribution is 0.406. The number of halogens is 3. The zero-order valence-corrected chi connectivity index (χ0v) is 16.9. The molecule has 5 nitrogen and oxygen atoms in total. The van der Waals surface area contributed by atoms with Crippen LogP contribution >= 0.6 is 11.8 Å². The number of likely N-dealkylation sites (N-methyl/N-ethyl adjacent to an activating group) is 1. The normalized spacial score (nSPS) is 11.7. The lowest BCUT2D eigenvalue weighted by Crippen LogP contribution is -2.31. The maximum absolute atomic E-state index is 13.5. The maximum atomic E-state index is 13.5. The maximum Gasteiger partial charge on any atom is 0.151 e. The van der Waals surface area contributed by atoms with Crippen molar-refractivity contribution in [3.05, 3.63) is 53.8 Å². The molecular weight excluding hydrogens is 397 g/mol. The van der Waals surface area contributed by atoms with Gasteiger partial charge in [-0.05, 0) is 56.7 Å². The van der Waals surface area contributed by atoms with Gasteiger partial charge in [0.1, 0.15) is 22.5 Å². The monoisotopic (exact) mass is 420 g/mol. The second kappa shape index (κ2) is 12.0. The van der Waals surface area contributed by atoms with E-state index in [0.29, 0.717) is 13.1 Å². The highest BCUT2D eigenvalue weighted by molar-refractivity contribution is 7.98. The molecule has 0 saturated carbocycles. The summed E-state index contributed by atoms with van der Waals surface area (Å²) < 4.78 is 50.2. The Morgan fingerprint density at radius 2 is 1.67 bits per heavy atom. The van der Waals surface area contributed by atoms with E-state index in [1.165, 1.54) is 12.1 Å². The van der Waals surface area contributed by atoms with E-state index in [-0.39, 0.29) is 16.4 Å². The van der Waals surface area contributed by atoms with Gasteiger partial charge in [-0.3, -0.25) is 0 Å². The molecule has 0 heterocycles. The number of nitrogens with one attached hydrogen (secondary N) is 2. The van der Waals surface area contributed by atoms with Gasteiger partial charge in [0, 0.05) is 18.0 Å². The summed E-state index contributed by atoms with van der Waals surface area (Å²) in [7, 11) is 1.86.